The van der Waals surface area contributed by atoms with Gasteiger partial charge in [0.15, 0.2) is 0 Å². The van der Waals surface area contributed by atoms with Crippen LogP contribution in [0.5, 0.6) is 0 Å². The van der Waals surface area contributed by atoms with Gasteiger partial charge in [-0.15, -0.1) is 40.8 Å². The number of rotatable bonds is 40. The second kappa shape index (κ2) is 83.5. The highest BCUT2D eigenvalue weighted by molar-refractivity contribution is 7.99. The van der Waals surface area contributed by atoms with E-state index >= 15 is 0 Å². The lowest BCUT2D eigenvalue weighted by atomic mass is 10.2. The molecule has 140 heavy (non-hydrogen) atoms. The average Bonchev–Trinajstić information content (AvgIpc) is 0.867. The maximum Gasteiger partial charge on any atom is 0.237 e. The number of hydrogen-bond donors (Lipinski definition) is 16. The minimum atomic E-state index is -0.479. The Balaban J connectivity index is 0.000000801. The van der Waals surface area contributed by atoms with E-state index in [4.69, 9.17) is 194 Å². The van der Waals surface area contributed by atoms with Crippen LogP contribution in [0.3, 0.4) is 0 Å². The molecular weight excluding hydrogens is 2020 g/mol. The Morgan fingerprint density at radius 1 is 0.314 bits per heavy atom. The first kappa shape index (κ1) is 125. The Morgan fingerprint density at radius 3 is 0.893 bits per heavy atom. The lowest BCUT2D eigenvalue weighted by Crippen LogP contribution is -2.32. The third-order valence-corrected chi connectivity index (χ3v) is 18.0. The van der Waals surface area contributed by atoms with Crippen molar-refractivity contribution in [3.8, 4) is 0 Å². The number of allylic oxidation sites excluding steroid dienone is 1. The number of benzene rings is 7. The average molecular weight is 2140 g/mol. The Bertz CT molecular complexity index is 5100. The molecule has 8 aromatic rings. The van der Waals surface area contributed by atoms with E-state index in [-0.39, 0.29) is 58.3 Å². The van der Waals surface area contributed by atoms with E-state index in [9.17, 15) is 4.39 Å². The van der Waals surface area contributed by atoms with Gasteiger partial charge in [-0.05, 0) is 121 Å². The second-order valence-electron chi connectivity index (χ2n) is 25.2. The van der Waals surface area contributed by atoms with E-state index in [1.807, 2.05) is 146 Å². The van der Waals surface area contributed by atoms with Crippen molar-refractivity contribution < 1.29 is 47.8 Å². The zero-order chi connectivity index (χ0) is 103. The molecule has 0 aliphatic heterocycles. The van der Waals surface area contributed by atoms with Crippen LogP contribution in [0.1, 0.15) is 113 Å². The second-order valence-corrected chi connectivity index (χ2v) is 30.3. The molecule has 0 atom stereocenters. The zero-order valence-corrected chi connectivity index (χ0v) is 85.3. The fraction of sp³-hybridized carbons (Fsp3) is 0.253. The summed E-state index contributed by atoms with van der Waals surface area (Å²) >= 11 is 55.0. The SMILES string of the molecule is CC(C)=CCONC(N)=N/N=C/c1ccccc1Cl.CCCONC(N)=N/N=C/c1ccccc1Cl.CCOCCONC(N)=N/N=C/c1ccccc1Cl.CCONC(N)=N/N=C/c1c(Cl)cccc1Cl.CCONC(N)=N/N=C/c1c(F)cccc1Cl.CCONC(N)=N/N=C/c1ccccc1Cl.CCONC(N)=N/N=C/c1ccncc1Cl.CCSCCONC(N)=N/N=C/c1ccccc1Cl. The summed E-state index contributed by atoms with van der Waals surface area (Å²) in [5, 5.41) is 64.2. The molecular formula is C87H115Cl9FN33O9S. The van der Waals surface area contributed by atoms with Gasteiger partial charge < -0.3 is 50.6 Å². The minimum absolute atomic E-state index is 0.0319. The van der Waals surface area contributed by atoms with Gasteiger partial charge in [0.05, 0.1) is 129 Å². The smallest absolute Gasteiger partial charge is 0.237 e. The quantitative estimate of drug-likeness (QED) is 0.00557. The highest BCUT2D eigenvalue weighted by atomic mass is 35.5. The van der Waals surface area contributed by atoms with Gasteiger partial charge in [0, 0.05) is 94.4 Å². The number of nitrogens with one attached hydrogen (secondary N) is 8. The first-order valence-corrected chi connectivity index (χ1v) is 46.1. The molecule has 0 amide bonds. The maximum atomic E-state index is 13.3. The van der Waals surface area contributed by atoms with Crippen molar-refractivity contribution in [2.45, 2.75) is 68.7 Å². The van der Waals surface area contributed by atoms with Crippen molar-refractivity contribution in [2.24, 2.45) is 127 Å². The molecule has 0 saturated heterocycles. The number of ether oxygens (including phenoxy) is 1. The summed E-state index contributed by atoms with van der Waals surface area (Å²) in [5.41, 5.74) is 69.7. The highest BCUT2D eigenvalue weighted by Gasteiger charge is 2.07. The molecule has 0 aliphatic carbocycles. The number of nitrogens with two attached hydrogens (primary N) is 8. The van der Waals surface area contributed by atoms with Gasteiger partial charge >= 0.3 is 0 Å². The van der Waals surface area contributed by atoms with Crippen molar-refractivity contribution in [2.75, 3.05) is 77.6 Å². The summed E-state index contributed by atoms with van der Waals surface area (Å²) in [7, 11) is 0. The van der Waals surface area contributed by atoms with E-state index in [1.54, 1.807) is 85.5 Å². The molecule has 42 nitrogen and oxygen atoms in total. The number of aromatic nitrogens is 1. The van der Waals surface area contributed by atoms with Crippen molar-refractivity contribution in [1.29, 1.82) is 0 Å². The highest BCUT2D eigenvalue weighted by Crippen LogP contribution is 2.23. The molecule has 0 radical (unpaired) electrons. The number of pyridine rings is 1. The Morgan fingerprint density at radius 2 is 0.593 bits per heavy atom. The zero-order valence-electron chi connectivity index (χ0n) is 77.7. The molecule has 758 valence electrons. The van der Waals surface area contributed by atoms with Gasteiger partial charge in [-0.1, -0.05) is 233 Å². The van der Waals surface area contributed by atoms with Gasteiger partial charge in [0.2, 0.25) is 47.7 Å². The molecule has 1 aromatic heterocycles. The summed E-state index contributed by atoms with van der Waals surface area (Å²) < 4.78 is 18.4. The number of hydrogen-bond acceptors (Lipinski definition) is 27. The van der Waals surface area contributed by atoms with Gasteiger partial charge in [-0.3, -0.25) is 43.7 Å². The Kier molecular flexibility index (Phi) is 74.8. The predicted molar refractivity (Wildman–Crippen MR) is 573 cm³/mol. The molecule has 0 bridgehead atoms. The van der Waals surface area contributed by atoms with Crippen LogP contribution in [-0.2, 0) is 43.4 Å². The van der Waals surface area contributed by atoms with Gasteiger partial charge in [0.25, 0.3) is 0 Å². The van der Waals surface area contributed by atoms with E-state index in [0.29, 0.717) is 117 Å². The maximum absolute atomic E-state index is 13.3. The van der Waals surface area contributed by atoms with Crippen LogP contribution in [0.15, 0.2) is 269 Å². The van der Waals surface area contributed by atoms with Crippen molar-refractivity contribution in [3.05, 3.63) is 283 Å². The summed E-state index contributed by atoms with van der Waals surface area (Å²) in [5.74, 6) is 1.99. The number of nitrogens with zero attached hydrogens (tertiary/aromatic N) is 17. The monoisotopic (exact) mass is 2130 g/mol. The third-order valence-electron chi connectivity index (χ3n) is 14.1. The van der Waals surface area contributed by atoms with Gasteiger partial charge in [0.1, 0.15) is 5.82 Å². The molecule has 1 heterocycles. The molecule has 0 fully saturated rings. The molecule has 7 aromatic carbocycles. The van der Waals surface area contributed by atoms with Gasteiger partial charge in [-0.25, -0.2) is 48.2 Å². The molecule has 53 heteroatoms. The van der Waals surface area contributed by atoms with Crippen LogP contribution in [0.4, 0.5) is 4.39 Å². The largest absolute Gasteiger partial charge is 0.379 e. The van der Waals surface area contributed by atoms with E-state index in [0.717, 1.165) is 51.3 Å². The number of thioether (sulfide) groups is 1. The summed E-state index contributed by atoms with van der Waals surface area (Å²) in [6.45, 7) is 22.1. The lowest BCUT2D eigenvalue weighted by Gasteiger charge is -2.04. The third kappa shape index (κ3) is 66.1. The summed E-state index contributed by atoms with van der Waals surface area (Å²) in [4.78, 5) is 43.2. The van der Waals surface area contributed by atoms with Crippen LogP contribution >= 0.6 is 116 Å². The van der Waals surface area contributed by atoms with Crippen LogP contribution in [0.2, 0.25) is 45.2 Å². The number of hydroxylamine groups is 8. The normalized spacial score (nSPS) is 12.0. The van der Waals surface area contributed by atoms with E-state index in [1.165, 1.54) is 68.0 Å². The number of halogens is 10. The summed E-state index contributed by atoms with van der Waals surface area (Å²) in [6, 6.07) is 47.8. The molecule has 24 N–H and O–H groups in total. The van der Waals surface area contributed by atoms with Crippen molar-refractivity contribution in [1.82, 2.24) is 48.8 Å². The van der Waals surface area contributed by atoms with Crippen LogP contribution < -0.4 is 89.7 Å². The first-order chi connectivity index (χ1) is 67.6. The first-order valence-electron chi connectivity index (χ1n) is 41.5. The molecule has 0 unspecified atom stereocenters. The van der Waals surface area contributed by atoms with E-state index in [2.05, 4.69) is 137 Å². The number of guanidine groups is 8. The Hall–Kier alpha value is -12.5. The van der Waals surface area contributed by atoms with E-state index < -0.39 is 5.82 Å². The lowest BCUT2D eigenvalue weighted by molar-refractivity contribution is 0.0246. The predicted octanol–water partition coefficient (Wildman–Crippen LogP) is 14.5. The van der Waals surface area contributed by atoms with Crippen molar-refractivity contribution >= 4 is 214 Å². The van der Waals surface area contributed by atoms with Crippen molar-refractivity contribution in [3.63, 3.8) is 0 Å². The standard InChI is InChI=1S/C13H17ClN4O.C12H17ClN4O2.C12H17ClN4OS.C11H15ClN4O.C10H12Cl2N4O.C10H12ClFN4O.C10H13ClN4O.C9H12ClN5O/c1-10(2)7-8-19-18-13(15)17-16-9-11-5-3-4-6-12(11)14;1-2-18-7-8-19-17-12(14)16-15-9-10-5-3-4-6-11(10)13;1-2-19-8-7-18-17-12(14)16-15-9-10-5-3-4-6-11(10)13;1-2-7-17-16-11(13)15-14-8-9-5-3-4-6-10(9)12;2*1-2-17-16-10(13)15-14-6-7-8(11)4-3-5-9(7)12;1-2-16-15-10(12)14-13-7-8-5-3-4-6-9(8)11;1-2-16-15-9(11)14-13-5-7-3-4-12-6-8(7)10/h3-7,9H,8H2,1-2H3,(H3,15,17,18);2*3-6,9H,2,7-8H2,1H3,(H3,14,16,17);3-6,8H,2,7H2,1H3,(H3,13,15,16);2*3-6H,2H2,1H3,(H3,13,15,16);3-7H,2H2,1H3,(H3,12,14,15);3-6H,2H2,1H3,(H3,11,14,15)/b16-9+;2*15-9+;14-8+;2*14-6+;13-7+;13-5+. The van der Waals surface area contributed by atoms with Crippen LogP contribution in [-0.4, -0.2) is 180 Å². The minimum Gasteiger partial charge on any atom is -0.379 e. The summed E-state index contributed by atoms with van der Waals surface area (Å²) in [6.07, 6.45) is 17.6. The van der Waals surface area contributed by atoms with Gasteiger partial charge in [-0.2, -0.15) is 52.6 Å². The molecule has 0 spiro atoms. The van der Waals surface area contributed by atoms with Crippen LogP contribution in [0, 0.1) is 5.82 Å². The Labute approximate surface area is 861 Å². The van der Waals surface area contributed by atoms with Crippen LogP contribution in [0.25, 0.3) is 0 Å². The fourth-order valence-electron chi connectivity index (χ4n) is 7.91. The topological polar surface area (TPSA) is 598 Å². The molecule has 8 rings (SSSR count). The fourth-order valence-corrected chi connectivity index (χ4v) is 10.2. The molecule has 0 aliphatic rings. The molecule has 0 saturated carbocycles.